The molecule has 0 aliphatic heterocycles. The van der Waals surface area contributed by atoms with Crippen LogP contribution in [0, 0.1) is 17.3 Å². The Labute approximate surface area is 120 Å². The fraction of sp³-hybridized carbons (Fsp3) is 1.00. The highest BCUT2D eigenvalue weighted by molar-refractivity contribution is 4.95. The molecule has 1 heteroatoms. The van der Waals surface area contributed by atoms with Crippen LogP contribution < -0.4 is 5.32 Å². The number of rotatable bonds is 5. The predicted octanol–water partition coefficient (Wildman–Crippen LogP) is 5.15. The first-order valence-electron chi connectivity index (χ1n) is 8.88. The molecule has 19 heavy (non-hydrogen) atoms. The number of hydrogen-bond donors (Lipinski definition) is 1. The molecule has 0 heterocycles. The van der Waals surface area contributed by atoms with Crippen LogP contribution in [0.2, 0.25) is 0 Å². The van der Waals surface area contributed by atoms with Crippen molar-refractivity contribution >= 4 is 0 Å². The zero-order chi connectivity index (χ0) is 13.7. The van der Waals surface area contributed by atoms with E-state index in [0.29, 0.717) is 5.41 Å². The maximum absolute atomic E-state index is 3.96. The van der Waals surface area contributed by atoms with Crippen LogP contribution >= 0.6 is 0 Å². The van der Waals surface area contributed by atoms with E-state index in [1.165, 1.54) is 70.8 Å². The van der Waals surface area contributed by atoms with Gasteiger partial charge in [-0.15, -0.1) is 0 Å². The molecular weight excluding hydrogens is 230 g/mol. The molecule has 2 aliphatic rings. The molecule has 0 aromatic carbocycles. The summed E-state index contributed by atoms with van der Waals surface area (Å²) in [4.78, 5) is 0. The van der Waals surface area contributed by atoms with E-state index in [1.54, 1.807) is 0 Å². The number of hydrogen-bond acceptors (Lipinski definition) is 1. The van der Waals surface area contributed by atoms with Gasteiger partial charge in [0.1, 0.15) is 0 Å². The maximum Gasteiger partial charge on any atom is 0.0129 e. The Morgan fingerprint density at radius 1 is 1.00 bits per heavy atom. The van der Waals surface area contributed by atoms with Gasteiger partial charge >= 0.3 is 0 Å². The molecule has 0 spiro atoms. The van der Waals surface area contributed by atoms with Crippen molar-refractivity contribution in [1.29, 1.82) is 0 Å². The Balaban J connectivity index is 2.05. The highest BCUT2D eigenvalue weighted by atomic mass is 14.9. The van der Waals surface area contributed by atoms with Crippen molar-refractivity contribution in [1.82, 2.24) is 5.32 Å². The Hall–Kier alpha value is -0.0400. The van der Waals surface area contributed by atoms with Crippen molar-refractivity contribution in [2.75, 3.05) is 6.54 Å². The molecule has 1 nitrogen and oxygen atoms in total. The minimum absolute atomic E-state index is 0.567. The van der Waals surface area contributed by atoms with Gasteiger partial charge < -0.3 is 5.32 Å². The van der Waals surface area contributed by atoms with Crippen LogP contribution in [0.3, 0.4) is 0 Å². The quantitative estimate of drug-likeness (QED) is 0.678. The fourth-order valence-corrected chi connectivity index (χ4v) is 4.64. The lowest BCUT2D eigenvalue weighted by Gasteiger charge is -2.39. The second kappa shape index (κ2) is 7.11. The topological polar surface area (TPSA) is 12.0 Å². The van der Waals surface area contributed by atoms with Crippen molar-refractivity contribution in [3.8, 4) is 0 Å². The summed E-state index contributed by atoms with van der Waals surface area (Å²) in [6.45, 7) is 8.55. The molecule has 2 saturated carbocycles. The molecule has 2 fully saturated rings. The summed E-state index contributed by atoms with van der Waals surface area (Å²) in [6, 6.07) is 0.801. The van der Waals surface area contributed by atoms with Crippen molar-refractivity contribution in [3.05, 3.63) is 0 Å². The smallest absolute Gasteiger partial charge is 0.0129 e. The maximum atomic E-state index is 3.96. The predicted molar refractivity (Wildman–Crippen MR) is 84.4 cm³/mol. The second-order valence-electron chi connectivity index (χ2n) is 7.72. The highest BCUT2D eigenvalue weighted by Gasteiger charge is 2.41. The zero-order valence-electron chi connectivity index (χ0n) is 13.5. The first-order chi connectivity index (χ1) is 9.15. The summed E-state index contributed by atoms with van der Waals surface area (Å²) in [5.41, 5.74) is 0.567. The molecule has 112 valence electrons. The molecular formula is C18H35N. The molecule has 1 N–H and O–H groups in total. The van der Waals surface area contributed by atoms with E-state index in [1.807, 2.05) is 0 Å². The van der Waals surface area contributed by atoms with Gasteiger partial charge in [0.2, 0.25) is 0 Å². The number of nitrogens with one attached hydrogen (secondary N) is 1. The van der Waals surface area contributed by atoms with Gasteiger partial charge in [-0.25, -0.2) is 0 Å². The molecule has 2 atom stereocenters. The van der Waals surface area contributed by atoms with E-state index in [0.717, 1.165) is 17.9 Å². The standard InChI is InChI=1S/C18H35N/c1-4-14-19-17(15-10-7-5-6-8-11-15)16-12-9-13-18(16,2)3/h15-17,19H,4-14H2,1-3H3. The van der Waals surface area contributed by atoms with Crippen molar-refractivity contribution in [2.24, 2.45) is 17.3 Å². The third kappa shape index (κ3) is 3.97. The molecule has 0 radical (unpaired) electrons. The minimum atomic E-state index is 0.567. The van der Waals surface area contributed by atoms with Crippen LogP contribution in [0.15, 0.2) is 0 Å². The highest BCUT2D eigenvalue weighted by Crippen LogP contribution is 2.47. The van der Waals surface area contributed by atoms with Gasteiger partial charge in [0.05, 0.1) is 0 Å². The second-order valence-corrected chi connectivity index (χ2v) is 7.72. The van der Waals surface area contributed by atoms with Crippen LogP contribution in [0.25, 0.3) is 0 Å². The van der Waals surface area contributed by atoms with Gasteiger partial charge in [0.25, 0.3) is 0 Å². The van der Waals surface area contributed by atoms with E-state index in [-0.39, 0.29) is 0 Å². The average Bonchev–Trinajstić information content (AvgIpc) is 2.60. The lowest BCUT2D eigenvalue weighted by molar-refractivity contribution is 0.144. The molecule has 0 bridgehead atoms. The third-order valence-corrected chi connectivity index (χ3v) is 5.81. The van der Waals surface area contributed by atoms with Crippen LogP contribution in [-0.2, 0) is 0 Å². The first-order valence-corrected chi connectivity index (χ1v) is 8.88. The lowest BCUT2D eigenvalue weighted by atomic mass is 9.72. The zero-order valence-corrected chi connectivity index (χ0v) is 13.5. The first kappa shape index (κ1) is 15.4. The van der Waals surface area contributed by atoms with Gasteiger partial charge in [-0.1, -0.05) is 52.9 Å². The Morgan fingerprint density at radius 3 is 2.21 bits per heavy atom. The summed E-state index contributed by atoms with van der Waals surface area (Å²) in [5, 5.41) is 3.96. The van der Waals surface area contributed by atoms with Crippen molar-refractivity contribution in [3.63, 3.8) is 0 Å². The summed E-state index contributed by atoms with van der Waals surface area (Å²) in [6.07, 6.45) is 14.5. The molecule has 2 aliphatic carbocycles. The van der Waals surface area contributed by atoms with Crippen LogP contribution in [0.4, 0.5) is 0 Å². The van der Waals surface area contributed by atoms with Crippen LogP contribution in [0.5, 0.6) is 0 Å². The van der Waals surface area contributed by atoms with E-state index in [4.69, 9.17) is 0 Å². The normalized spacial score (nSPS) is 30.2. The van der Waals surface area contributed by atoms with Gasteiger partial charge in [-0.2, -0.15) is 0 Å². The van der Waals surface area contributed by atoms with Gasteiger partial charge in [-0.05, 0) is 55.9 Å². The molecule has 0 amide bonds. The summed E-state index contributed by atoms with van der Waals surface area (Å²) in [7, 11) is 0. The Kier molecular flexibility index (Phi) is 5.74. The molecule has 0 saturated heterocycles. The largest absolute Gasteiger partial charge is 0.313 e. The monoisotopic (exact) mass is 265 g/mol. The van der Waals surface area contributed by atoms with E-state index in [9.17, 15) is 0 Å². The van der Waals surface area contributed by atoms with Crippen molar-refractivity contribution < 1.29 is 0 Å². The summed E-state index contributed by atoms with van der Waals surface area (Å²) in [5.74, 6) is 1.87. The average molecular weight is 265 g/mol. The van der Waals surface area contributed by atoms with Crippen LogP contribution in [-0.4, -0.2) is 12.6 Å². The SMILES string of the molecule is CCCNC(C1CCCCCC1)C1CCCC1(C)C. The molecule has 0 aromatic heterocycles. The fourth-order valence-electron chi connectivity index (χ4n) is 4.64. The summed E-state index contributed by atoms with van der Waals surface area (Å²) < 4.78 is 0. The minimum Gasteiger partial charge on any atom is -0.313 e. The Bertz CT molecular complexity index is 250. The lowest BCUT2D eigenvalue weighted by Crippen LogP contribution is -2.46. The van der Waals surface area contributed by atoms with E-state index >= 15 is 0 Å². The van der Waals surface area contributed by atoms with Gasteiger partial charge in [-0.3, -0.25) is 0 Å². The Morgan fingerprint density at radius 2 is 1.68 bits per heavy atom. The van der Waals surface area contributed by atoms with E-state index < -0.39 is 0 Å². The van der Waals surface area contributed by atoms with E-state index in [2.05, 4.69) is 26.1 Å². The van der Waals surface area contributed by atoms with Crippen LogP contribution in [0.1, 0.15) is 85.0 Å². The molecule has 0 aromatic rings. The summed E-state index contributed by atoms with van der Waals surface area (Å²) >= 11 is 0. The molecule has 2 rings (SSSR count). The third-order valence-electron chi connectivity index (χ3n) is 5.81. The molecule has 2 unspecified atom stereocenters. The van der Waals surface area contributed by atoms with Crippen molar-refractivity contribution in [2.45, 2.75) is 91.0 Å². The van der Waals surface area contributed by atoms with Gasteiger partial charge in [0.15, 0.2) is 0 Å². The van der Waals surface area contributed by atoms with Gasteiger partial charge in [0, 0.05) is 6.04 Å².